The van der Waals surface area contributed by atoms with Crippen molar-refractivity contribution in [1.29, 1.82) is 0 Å². The van der Waals surface area contributed by atoms with Crippen LogP contribution in [0.2, 0.25) is 0 Å². The molecule has 9 heteroatoms. The number of aromatic nitrogens is 1. The van der Waals surface area contributed by atoms with Gasteiger partial charge in [0.15, 0.2) is 0 Å². The number of fused-ring (bicyclic) bond motifs is 1. The van der Waals surface area contributed by atoms with Crippen LogP contribution in [0.4, 0.5) is 10.5 Å². The summed E-state index contributed by atoms with van der Waals surface area (Å²) in [6.45, 7) is 1.85. The average Bonchev–Trinajstić information content (AvgIpc) is 3.18. The molecule has 2 aliphatic carbocycles. The van der Waals surface area contributed by atoms with Crippen molar-refractivity contribution < 1.29 is 23.1 Å². The second kappa shape index (κ2) is 8.71. The van der Waals surface area contributed by atoms with Crippen molar-refractivity contribution in [3.05, 3.63) is 41.6 Å². The zero-order valence-corrected chi connectivity index (χ0v) is 19.2. The molecule has 8 nitrogen and oxygen atoms in total. The lowest BCUT2D eigenvalue weighted by Gasteiger charge is -2.32. The lowest BCUT2D eigenvalue weighted by molar-refractivity contribution is -0.0117. The molecular weight excluding hydrogens is 430 g/mol. The number of aliphatic hydroxyl groups is 1. The number of urea groups is 1. The van der Waals surface area contributed by atoms with E-state index in [1.54, 1.807) is 6.20 Å². The first kappa shape index (κ1) is 22.5. The summed E-state index contributed by atoms with van der Waals surface area (Å²) in [5, 5.41) is 12.9. The molecule has 0 aliphatic heterocycles. The van der Waals surface area contributed by atoms with Crippen molar-refractivity contribution in [1.82, 2.24) is 9.71 Å². The monoisotopic (exact) mass is 459 g/mol. The number of ether oxygens (including phenoxy) is 1. The summed E-state index contributed by atoms with van der Waals surface area (Å²) in [5.74, 6) is 0.487. The average molecular weight is 460 g/mol. The highest BCUT2D eigenvalue weighted by Crippen LogP contribution is 2.38. The second-order valence-electron chi connectivity index (χ2n) is 9.00. The largest absolute Gasteiger partial charge is 0.474 e. The van der Waals surface area contributed by atoms with E-state index in [9.17, 15) is 18.3 Å². The summed E-state index contributed by atoms with van der Waals surface area (Å²) in [6, 6.07) is 6.89. The Balaban J connectivity index is 1.61. The van der Waals surface area contributed by atoms with Gasteiger partial charge in [-0.1, -0.05) is 12.1 Å². The van der Waals surface area contributed by atoms with Crippen LogP contribution < -0.4 is 14.8 Å². The maximum atomic E-state index is 12.3. The number of anilines is 1. The van der Waals surface area contributed by atoms with Crippen LogP contribution in [-0.4, -0.2) is 42.5 Å². The van der Waals surface area contributed by atoms with Crippen LogP contribution >= 0.6 is 0 Å². The Labute approximate surface area is 188 Å². The van der Waals surface area contributed by atoms with E-state index >= 15 is 0 Å². The van der Waals surface area contributed by atoms with Gasteiger partial charge in [0, 0.05) is 17.8 Å². The number of hydrogen-bond donors (Lipinski definition) is 3. The minimum Gasteiger partial charge on any atom is -0.474 e. The Morgan fingerprint density at radius 2 is 1.97 bits per heavy atom. The van der Waals surface area contributed by atoms with E-state index < -0.39 is 21.7 Å². The van der Waals surface area contributed by atoms with Crippen LogP contribution in [0.1, 0.15) is 50.2 Å². The second-order valence-corrected chi connectivity index (χ2v) is 10.8. The van der Waals surface area contributed by atoms with Crippen molar-refractivity contribution in [3.63, 3.8) is 0 Å². The van der Waals surface area contributed by atoms with E-state index in [2.05, 4.69) is 16.4 Å². The number of aryl methyl sites for hydroxylation is 1. The predicted molar refractivity (Wildman–Crippen MR) is 122 cm³/mol. The van der Waals surface area contributed by atoms with E-state index in [0.29, 0.717) is 24.4 Å². The number of amides is 2. The molecule has 1 heterocycles. The normalized spacial score (nSPS) is 22.8. The zero-order chi connectivity index (χ0) is 22.9. The summed E-state index contributed by atoms with van der Waals surface area (Å²) in [7, 11) is -3.68. The van der Waals surface area contributed by atoms with Crippen LogP contribution in [0.3, 0.4) is 0 Å². The Morgan fingerprint density at radius 3 is 2.69 bits per heavy atom. The van der Waals surface area contributed by atoms with Crippen LogP contribution in [0.15, 0.2) is 30.5 Å². The number of carbonyl (C=O) groups is 1. The molecule has 2 amide bonds. The highest BCUT2D eigenvalue weighted by Gasteiger charge is 2.30. The molecule has 1 fully saturated rings. The van der Waals surface area contributed by atoms with Gasteiger partial charge >= 0.3 is 6.03 Å². The molecule has 1 saturated carbocycles. The highest BCUT2D eigenvalue weighted by molar-refractivity contribution is 7.89. The first-order chi connectivity index (χ1) is 15.1. The molecule has 1 aromatic carbocycles. The highest BCUT2D eigenvalue weighted by atomic mass is 32.2. The van der Waals surface area contributed by atoms with Gasteiger partial charge in [-0.05, 0) is 74.6 Å². The van der Waals surface area contributed by atoms with Gasteiger partial charge in [-0.25, -0.2) is 22.9 Å². The van der Waals surface area contributed by atoms with Crippen LogP contribution in [0.5, 0.6) is 5.88 Å². The number of carbonyl (C=O) groups excluding carboxylic acids is 1. The van der Waals surface area contributed by atoms with Gasteiger partial charge in [-0.15, -0.1) is 0 Å². The molecule has 2 aromatic rings. The Bertz CT molecular complexity index is 1120. The summed E-state index contributed by atoms with van der Waals surface area (Å²) < 4.78 is 31.0. The van der Waals surface area contributed by atoms with Crippen molar-refractivity contribution in [3.8, 4) is 17.0 Å². The molecule has 0 atom stereocenters. The molecule has 0 unspecified atom stereocenters. The number of hydrogen-bond acceptors (Lipinski definition) is 6. The summed E-state index contributed by atoms with van der Waals surface area (Å²) in [5.41, 5.74) is 3.78. The molecule has 0 spiro atoms. The van der Waals surface area contributed by atoms with E-state index in [-0.39, 0.29) is 6.10 Å². The van der Waals surface area contributed by atoms with Gasteiger partial charge in [0.25, 0.3) is 0 Å². The van der Waals surface area contributed by atoms with Crippen LogP contribution in [0.25, 0.3) is 11.1 Å². The van der Waals surface area contributed by atoms with Gasteiger partial charge < -0.3 is 15.2 Å². The Hall–Kier alpha value is -2.65. The lowest BCUT2D eigenvalue weighted by Crippen LogP contribution is -2.34. The molecule has 0 bridgehead atoms. The maximum absolute atomic E-state index is 12.3. The maximum Gasteiger partial charge on any atom is 0.332 e. The van der Waals surface area contributed by atoms with Crippen LogP contribution in [0, 0.1) is 0 Å². The molecule has 3 N–H and O–H groups in total. The summed E-state index contributed by atoms with van der Waals surface area (Å²) in [4.78, 5) is 16.7. The number of benzene rings is 1. The van der Waals surface area contributed by atoms with Gasteiger partial charge in [0.2, 0.25) is 15.9 Å². The first-order valence-corrected chi connectivity index (χ1v) is 12.8. The standard InChI is InChI=1S/C23H29N3O5S/c1-23(28)11-8-17(9-12-23)31-20-14-16(10-13-24-20)19-7-6-15-4-3-5-18(15)21(19)25-22(27)26-32(2,29)30/h6-7,10,13-14,17,28H,3-5,8-9,11-12H2,1-2H3,(H2,25,26,27)/t17-,23+. The molecule has 0 saturated heterocycles. The molecule has 2 aliphatic rings. The lowest BCUT2D eigenvalue weighted by atomic mass is 9.85. The van der Waals surface area contributed by atoms with Crippen molar-refractivity contribution >= 4 is 21.7 Å². The van der Waals surface area contributed by atoms with Gasteiger partial charge in [0.05, 0.1) is 17.5 Å². The zero-order valence-electron chi connectivity index (χ0n) is 18.3. The fourth-order valence-electron chi connectivity index (χ4n) is 4.50. The molecule has 0 radical (unpaired) electrons. The van der Waals surface area contributed by atoms with Crippen molar-refractivity contribution in [2.24, 2.45) is 0 Å². The number of pyridine rings is 1. The van der Waals surface area contributed by atoms with Gasteiger partial charge in [-0.3, -0.25) is 0 Å². The van der Waals surface area contributed by atoms with E-state index in [1.807, 2.05) is 29.8 Å². The van der Waals surface area contributed by atoms with Crippen molar-refractivity contribution in [2.75, 3.05) is 11.6 Å². The van der Waals surface area contributed by atoms with E-state index in [4.69, 9.17) is 4.74 Å². The minimum absolute atomic E-state index is 0.00358. The van der Waals surface area contributed by atoms with Crippen molar-refractivity contribution in [2.45, 2.75) is 63.6 Å². The predicted octanol–water partition coefficient (Wildman–Crippen LogP) is 3.39. The number of sulfonamides is 1. The fourth-order valence-corrected chi connectivity index (χ4v) is 4.89. The third kappa shape index (κ3) is 5.39. The third-order valence-electron chi connectivity index (χ3n) is 6.14. The molecule has 32 heavy (non-hydrogen) atoms. The SMILES string of the molecule is CS(=O)(=O)NC(=O)Nc1c(-c2ccnc(O[C@H]3CC[C@@](C)(O)CC3)c2)ccc2c1CCC2. The first-order valence-electron chi connectivity index (χ1n) is 10.9. The van der Waals surface area contributed by atoms with Crippen LogP contribution in [-0.2, 0) is 22.9 Å². The van der Waals surface area contributed by atoms with E-state index in [0.717, 1.165) is 60.6 Å². The number of rotatable bonds is 5. The number of nitrogens with zero attached hydrogens (tertiary/aromatic N) is 1. The quantitative estimate of drug-likeness (QED) is 0.631. The Kier molecular flexibility index (Phi) is 6.13. The van der Waals surface area contributed by atoms with Gasteiger partial charge in [-0.2, -0.15) is 0 Å². The molecule has 172 valence electrons. The minimum atomic E-state index is -3.68. The molecule has 4 rings (SSSR count). The summed E-state index contributed by atoms with van der Waals surface area (Å²) in [6.07, 6.45) is 8.22. The Morgan fingerprint density at radius 1 is 1.22 bits per heavy atom. The smallest absolute Gasteiger partial charge is 0.332 e. The fraction of sp³-hybridized carbons (Fsp3) is 0.478. The van der Waals surface area contributed by atoms with Gasteiger partial charge in [0.1, 0.15) is 6.10 Å². The molecule has 1 aromatic heterocycles. The number of nitrogens with one attached hydrogen (secondary N) is 2. The third-order valence-corrected chi connectivity index (χ3v) is 6.70. The topological polar surface area (TPSA) is 118 Å². The summed E-state index contributed by atoms with van der Waals surface area (Å²) >= 11 is 0. The molecular formula is C23H29N3O5S. The van der Waals surface area contributed by atoms with E-state index in [1.165, 1.54) is 0 Å².